The summed E-state index contributed by atoms with van der Waals surface area (Å²) in [7, 11) is 0. The predicted octanol–water partition coefficient (Wildman–Crippen LogP) is 2.20. The van der Waals surface area contributed by atoms with Gasteiger partial charge in [-0.2, -0.15) is 11.8 Å². The maximum absolute atomic E-state index is 11.7. The molecule has 1 saturated carbocycles. The fourth-order valence-electron chi connectivity index (χ4n) is 1.74. The van der Waals surface area contributed by atoms with Crippen LogP contribution < -0.4 is 5.32 Å². The van der Waals surface area contributed by atoms with E-state index in [-0.39, 0.29) is 12.0 Å². The normalized spacial score (nSPS) is 19.2. The zero-order chi connectivity index (χ0) is 12.0. The van der Waals surface area contributed by atoms with Crippen LogP contribution in [0.3, 0.4) is 0 Å². The average Bonchev–Trinajstić information content (AvgIpc) is 3.05. The van der Waals surface area contributed by atoms with Crippen molar-refractivity contribution in [3.8, 4) is 0 Å². The fraction of sp³-hybridized carbons (Fsp3) is 0.917. The van der Waals surface area contributed by atoms with Gasteiger partial charge in [-0.25, -0.2) is 0 Å². The number of hydrogen-bond acceptors (Lipinski definition) is 4. The molecule has 0 aliphatic heterocycles. The third-order valence-electron chi connectivity index (χ3n) is 3.06. The SMILES string of the molecule is CCCC(NCC1(SC)CC1)C(=O)OCC. The van der Waals surface area contributed by atoms with Crippen LogP contribution in [0.2, 0.25) is 0 Å². The van der Waals surface area contributed by atoms with Crippen LogP contribution >= 0.6 is 11.8 Å². The molecule has 94 valence electrons. The van der Waals surface area contributed by atoms with Gasteiger partial charge in [0, 0.05) is 11.3 Å². The highest BCUT2D eigenvalue weighted by Gasteiger charge is 2.42. The lowest BCUT2D eigenvalue weighted by molar-refractivity contribution is -0.145. The third-order valence-corrected chi connectivity index (χ3v) is 4.48. The average molecular weight is 245 g/mol. The van der Waals surface area contributed by atoms with Crippen molar-refractivity contribution in [3.05, 3.63) is 0 Å². The smallest absolute Gasteiger partial charge is 0.323 e. The number of ether oxygens (including phenoxy) is 1. The number of carbonyl (C=O) groups is 1. The summed E-state index contributed by atoms with van der Waals surface area (Å²) >= 11 is 1.91. The van der Waals surface area contributed by atoms with Crippen LogP contribution in [0, 0.1) is 0 Å². The van der Waals surface area contributed by atoms with Gasteiger partial charge in [-0.15, -0.1) is 0 Å². The van der Waals surface area contributed by atoms with Crippen LogP contribution in [-0.4, -0.2) is 36.2 Å². The van der Waals surface area contributed by atoms with Crippen LogP contribution in [0.4, 0.5) is 0 Å². The van der Waals surface area contributed by atoms with Crippen molar-refractivity contribution in [1.82, 2.24) is 5.32 Å². The monoisotopic (exact) mass is 245 g/mol. The molecule has 0 bridgehead atoms. The molecule has 1 rings (SSSR count). The van der Waals surface area contributed by atoms with E-state index < -0.39 is 0 Å². The highest BCUT2D eigenvalue weighted by atomic mass is 32.2. The number of rotatable bonds is 8. The highest BCUT2D eigenvalue weighted by molar-refractivity contribution is 8.00. The van der Waals surface area contributed by atoms with Gasteiger partial charge in [-0.1, -0.05) is 13.3 Å². The van der Waals surface area contributed by atoms with Crippen molar-refractivity contribution in [1.29, 1.82) is 0 Å². The summed E-state index contributed by atoms with van der Waals surface area (Å²) in [6, 6.07) is -0.116. The van der Waals surface area contributed by atoms with Gasteiger partial charge in [0.1, 0.15) is 6.04 Å². The first kappa shape index (κ1) is 13.8. The Morgan fingerprint density at radius 1 is 1.50 bits per heavy atom. The van der Waals surface area contributed by atoms with Crippen LogP contribution in [0.15, 0.2) is 0 Å². The lowest BCUT2D eigenvalue weighted by Gasteiger charge is -2.20. The Hall–Kier alpha value is -0.220. The van der Waals surface area contributed by atoms with E-state index in [9.17, 15) is 4.79 Å². The van der Waals surface area contributed by atoms with Gasteiger partial charge >= 0.3 is 5.97 Å². The molecule has 1 N–H and O–H groups in total. The molecule has 1 fully saturated rings. The molecule has 1 unspecified atom stereocenters. The zero-order valence-electron chi connectivity index (χ0n) is 10.5. The fourth-order valence-corrected chi connectivity index (χ4v) is 2.47. The van der Waals surface area contributed by atoms with Gasteiger partial charge in [0.15, 0.2) is 0 Å². The standard InChI is InChI=1S/C12H23NO2S/c1-4-6-10(11(14)15-5-2)13-9-12(16-3)7-8-12/h10,13H,4-9H2,1-3H3. The molecule has 0 aromatic rings. The molecule has 1 aliphatic carbocycles. The Labute approximate surface area is 103 Å². The van der Waals surface area contributed by atoms with Crippen LogP contribution in [0.5, 0.6) is 0 Å². The first-order valence-corrected chi connectivity index (χ1v) is 7.35. The molecule has 3 nitrogen and oxygen atoms in total. The van der Waals surface area contributed by atoms with E-state index >= 15 is 0 Å². The third kappa shape index (κ3) is 3.98. The number of thioether (sulfide) groups is 1. The molecule has 0 spiro atoms. The molecule has 16 heavy (non-hydrogen) atoms. The Balaban J connectivity index is 2.35. The number of carbonyl (C=O) groups excluding carboxylic acids is 1. The number of hydrogen-bond donors (Lipinski definition) is 1. The summed E-state index contributed by atoms with van der Waals surface area (Å²) < 4.78 is 5.47. The second kappa shape index (κ2) is 6.50. The predicted molar refractivity (Wildman–Crippen MR) is 68.8 cm³/mol. The van der Waals surface area contributed by atoms with Gasteiger partial charge < -0.3 is 10.1 Å². The molecule has 1 atom stereocenters. The van der Waals surface area contributed by atoms with E-state index in [0.717, 1.165) is 19.4 Å². The van der Waals surface area contributed by atoms with Crippen molar-refractivity contribution in [2.24, 2.45) is 0 Å². The van der Waals surface area contributed by atoms with Crippen LogP contribution in [0.1, 0.15) is 39.5 Å². The summed E-state index contributed by atoms with van der Waals surface area (Å²) in [5.74, 6) is -0.0961. The Morgan fingerprint density at radius 3 is 2.62 bits per heavy atom. The van der Waals surface area contributed by atoms with E-state index in [2.05, 4.69) is 18.5 Å². The zero-order valence-corrected chi connectivity index (χ0v) is 11.4. The molecule has 4 heteroatoms. The number of esters is 1. The minimum absolute atomic E-state index is 0.0961. The number of nitrogens with one attached hydrogen (secondary N) is 1. The summed E-state index contributed by atoms with van der Waals surface area (Å²) in [5, 5.41) is 3.36. The first-order valence-electron chi connectivity index (χ1n) is 6.12. The maximum Gasteiger partial charge on any atom is 0.323 e. The van der Waals surface area contributed by atoms with Gasteiger partial charge in [-0.05, 0) is 32.4 Å². The molecule has 1 aliphatic rings. The maximum atomic E-state index is 11.7. The Morgan fingerprint density at radius 2 is 2.19 bits per heavy atom. The summed E-state index contributed by atoms with van der Waals surface area (Å²) in [6.07, 6.45) is 6.55. The molecule has 0 heterocycles. The first-order chi connectivity index (χ1) is 7.67. The van der Waals surface area contributed by atoms with Gasteiger partial charge in [0.2, 0.25) is 0 Å². The second-order valence-electron chi connectivity index (χ2n) is 4.36. The highest BCUT2D eigenvalue weighted by Crippen LogP contribution is 2.46. The lowest BCUT2D eigenvalue weighted by atomic mass is 10.1. The Bertz CT molecular complexity index is 229. The van der Waals surface area contributed by atoms with Crippen molar-refractivity contribution < 1.29 is 9.53 Å². The molecular formula is C12H23NO2S. The molecule has 0 aromatic carbocycles. The van der Waals surface area contributed by atoms with Gasteiger partial charge in [0.25, 0.3) is 0 Å². The second-order valence-corrected chi connectivity index (χ2v) is 5.64. The molecule has 0 amide bonds. The Kier molecular flexibility index (Phi) is 5.62. The lowest BCUT2D eigenvalue weighted by Crippen LogP contribution is -2.41. The van der Waals surface area contributed by atoms with E-state index in [0.29, 0.717) is 11.4 Å². The summed E-state index contributed by atoms with van der Waals surface area (Å²) in [5.41, 5.74) is 0. The van der Waals surface area contributed by atoms with Crippen LogP contribution in [-0.2, 0) is 9.53 Å². The van der Waals surface area contributed by atoms with E-state index in [1.165, 1.54) is 12.8 Å². The largest absolute Gasteiger partial charge is 0.465 e. The van der Waals surface area contributed by atoms with Crippen molar-refractivity contribution in [3.63, 3.8) is 0 Å². The van der Waals surface area contributed by atoms with Crippen molar-refractivity contribution >= 4 is 17.7 Å². The molecule has 0 aromatic heterocycles. The van der Waals surface area contributed by atoms with Gasteiger partial charge in [-0.3, -0.25) is 4.79 Å². The quantitative estimate of drug-likeness (QED) is 0.665. The van der Waals surface area contributed by atoms with Gasteiger partial charge in [0.05, 0.1) is 6.61 Å². The molecule has 0 radical (unpaired) electrons. The molecular weight excluding hydrogens is 222 g/mol. The van der Waals surface area contributed by atoms with Crippen molar-refractivity contribution in [2.45, 2.75) is 50.3 Å². The summed E-state index contributed by atoms with van der Waals surface area (Å²) in [4.78, 5) is 11.7. The van der Waals surface area contributed by atoms with E-state index in [4.69, 9.17) is 4.74 Å². The van der Waals surface area contributed by atoms with E-state index in [1.54, 1.807) is 0 Å². The summed E-state index contributed by atoms with van der Waals surface area (Å²) in [6.45, 7) is 5.34. The topological polar surface area (TPSA) is 38.3 Å². The van der Waals surface area contributed by atoms with Crippen LogP contribution in [0.25, 0.3) is 0 Å². The van der Waals surface area contributed by atoms with E-state index in [1.807, 2.05) is 18.7 Å². The van der Waals surface area contributed by atoms with Crippen molar-refractivity contribution in [2.75, 3.05) is 19.4 Å². The molecule has 0 saturated heterocycles. The minimum Gasteiger partial charge on any atom is -0.465 e. The minimum atomic E-state index is -0.116.